The highest BCUT2D eigenvalue weighted by atomic mass is 16.5. The van der Waals surface area contributed by atoms with Gasteiger partial charge >= 0.3 is 0 Å². The molecule has 1 aromatic carbocycles. The summed E-state index contributed by atoms with van der Waals surface area (Å²) in [5.74, 6) is 1.04. The number of allylic oxidation sites excluding steroid dienone is 1. The van der Waals surface area contributed by atoms with Gasteiger partial charge < -0.3 is 14.6 Å². The van der Waals surface area contributed by atoms with E-state index in [9.17, 15) is 5.11 Å². The number of benzene rings is 1. The highest BCUT2D eigenvalue weighted by molar-refractivity contribution is 5.67. The largest absolute Gasteiger partial charge is 0.506 e. The minimum atomic E-state index is -0.0524. The number of aliphatic hydroxyl groups is 1. The lowest BCUT2D eigenvalue weighted by Crippen LogP contribution is -1.93. The Morgan fingerprint density at radius 3 is 2.38 bits per heavy atom. The second kappa shape index (κ2) is 5.08. The molecular formula is C12H13NO3. The van der Waals surface area contributed by atoms with Gasteiger partial charge in [0, 0.05) is 5.56 Å². The summed E-state index contributed by atoms with van der Waals surface area (Å²) in [4.78, 5) is 0. The number of aliphatic hydroxyl groups excluding tert-OH is 1. The van der Waals surface area contributed by atoms with E-state index in [2.05, 4.69) is 0 Å². The first-order chi connectivity index (χ1) is 7.63. The van der Waals surface area contributed by atoms with Gasteiger partial charge in [0.05, 0.1) is 25.9 Å². The number of nitriles is 1. The van der Waals surface area contributed by atoms with Gasteiger partial charge in [0.2, 0.25) is 0 Å². The fourth-order valence-corrected chi connectivity index (χ4v) is 1.25. The Morgan fingerprint density at radius 2 is 1.88 bits per heavy atom. The standard InChI is InChI=1S/C12H13NO3/c1-8(7-13)12(14)9-4-5-10(15-2)11(6-9)16-3/h4-6,14H,1-3H3/b12-8-. The lowest BCUT2D eigenvalue weighted by atomic mass is 10.1. The van der Waals surface area contributed by atoms with Crippen LogP contribution in [0.5, 0.6) is 11.5 Å². The first kappa shape index (κ1) is 11.9. The predicted molar refractivity (Wildman–Crippen MR) is 60.4 cm³/mol. The molecule has 0 bridgehead atoms. The molecule has 0 radical (unpaired) electrons. The van der Waals surface area contributed by atoms with E-state index >= 15 is 0 Å². The van der Waals surface area contributed by atoms with Gasteiger partial charge in [0.15, 0.2) is 11.5 Å². The zero-order valence-electron chi connectivity index (χ0n) is 9.44. The van der Waals surface area contributed by atoms with Crippen LogP contribution in [-0.4, -0.2) is 19.3 Å². The normalized spacial score (nSPS) is 11.4. The topological polar surface area (TPSA) is 62.5 Å². The van der Waals surface area contributed by atoms with Crippen LogP contribution in [0.3, 0.4) is 0 Å². The van der Waals surface area contributed by atoms with E-state index in [1.54, 1.807) is 25.1 Å². The first-order valence-electron chi connectivity index (χ1n) is 4.66. The number of methoxy groups -OCH3 is 2. The molecule has 4 heteroatoms. The Labute approximate surface area is 94.3 Å². The molecule has 0 spiro atoms. The monoisotopic (exact) mass is 219 g/mol. The molecule has 0 amide bonds. The van der Waals surface area contributed by atoms with Gasteiger partial charge in [-0.05, 0) is 25.1 Å². The van der Waals surface area contributed by atoms with E-state index in [-0.39, 0.29) is 11.3 Å². The Kier molecular flexibility index (Phi) is 3.78. The lowest BCUT2D eigenvalue weighted by molar-refractivity contribution is 0.354. The highest BCUT2D eigenvalue weighted by Gasteiger charge is 2.09. The van der Waals surface area contributed by atoms with Crippen LogP contribution in [0.1, 0.15) is 12.5 Å². The third kappa shape index (κ3) is 2.26. The molecule has 84 valence electrons. The van der Waals surface area contributed by atoms with E-state index in [4.69, 9.17) is 14.7 Å². The minimum absolute atomic E-state index is 0.0524. The van der Waals surface area contributed by atoms with Crippen LogP contribution in [0.2, 0.25) is 0 Å². The summed E-state index contributed by atoms with van der Waals surface area (Å²) in [5.41, 5.74) is 0.781. The molecule has 16 heavy (non-hydrogen) atoms. The molecule has 0 aromatic heterocycles. The van der Waals surface area contributed by atoms with Crippen molar-refractivity contribution < 1.29 is 14.6 Å². The van der Waals surface area contributed by atoms with Crippen molar-refractivity contribution in [1.82, 2.24) is 0 Å². The first-order valence-corrected chi connectivity index (χ1v) is 4.66. The summed E-state index contributed by atoms with van der Waals surface area (Å²) in [6.07, 6.45) is 0. The van der Waals surface area contributed by atoms with Crippen molar-refractivity contribution in [2.75, 3.05) is 14.2 Å². The van der Waals surface area contributed by atoms with Gasteiger partial charge in [-0.15, -0.1) is 0 Å². The second-order valence-electron chi connectivity index (χ2n) is 3.16. The van der Waals surface area contributed by atoms with Crippen molar-refractivity contribution in [3.63, 3.8) is 0 Å². The number of nitrogens with zero attached hydrogens (tertiary/aromatic N) is 1. The molecule has 0 aliphatic carbocycles. The van der Waals surface area contributed by atoms with Gasteiger partial charge in [-0.2, -0.15) is 5.26 Å². The summed E-state index contributed by atoms with van der Waals surface area (Å²) >= 11 is 0. The third-order valence-electron chi connectivity index (χ3n) is 2.18. The van der Waals surface area contributed by atoms with Gasteiger partial charge in [-0.1, -0.05) is 0 Å². The lowest BCUT2D eigenvalue weighted by Gasteiger charge is -2.09. The average Bonchev–Trinajstić information content (AvgIpc) is 2.35. The number of hydrogen-bond acceptors (Lipinski definition) is 4. The molecule has 0 aliphatic rings. The second-order valence-corrected chi connectivity index (χ2v) is 3.16. The highest BCUT2D eigenvalue weighted by Crippen LogP contribution is 2.30. The van der Waals surface area contributed by atoms with Crippen molar-refractivity contribution >= 4 is 5.76 Å². The molecule has 0 aliphatic heterocycles. The van der Waals surface area contributed by atoms with Crippen LogP contribution in [0, 0.1) is 11.3 Å². The maximum Gasteiger partial charge on any atom is 0.161 e. The molecule has 0 unspecified atom stereocenters. The predicted octanol–water partition coefficient (Wildman–Crippen LogP) is 2.52. The molecule has 4 nitrogen and oxygen atoms in total. The van der Waals surface area contributed by atoms with Gasteiger partial charge in [0.1, 0.15) is 5.76 Å². The molecule has 1 rings (SSSR count). The maximum absolute atomic E-state index is 9.73. The summed E-state index contributed by atoms with van der Waals surface area (Å²) < 4.78 is 10.2. The quantitative estimate of drug-likeness (QED) is 0.626. The molecule has 0 fully saturated rings. The van der Waals surface area contributed by atoms with E-state index in [0.29, 0.717) is 17.1 Å². The number of hydrogen-bond donors (Lipinski definition) is 1. The molecule has 0 heterocycles. The Morgan fingerprint density at radius 1 is 1.25 bits per heavy atom. The van der Waals surface area contributed by atoms with E-state index in [0.717, 1.165) is 0 Å². The molecule has 0 saturated heterocycles. The third-order valence-corrected chi connectivity index (χ3v) is 2.18. The van der Waals surface area contributed by atoms with Crippen LogP contribution < -0.4 is 9.47 Å². The summed E-state index contributed by atoms with van der Waals surface area (Å²) in [7, 11) is 3.05. The fourth-order valence-electron chi connectivity index (χ4n) is 1.25. The summed E-state index contributed by atoms with van der Waals surface area (Å²) in [6, 6.07) is 6.85. The fraction of sp³-hybridized carbons (Fsp3) is 0.250. The zero-order valence-corrected chi connectivity index (χ0v) is 9.44. The molecule has 1 aromatic rings. The summed E-state index contributed by atoms with van der Waals surface area (Å²) in [6.45, 7) is 1.55. The summed E-state index contributed by atoms with van der Waals surface area (Å²) in [5, 5.41) is 18.4. The number of rotatable bonds is 3. The molecule has 0 atom stereocenters. The van der Waals surface area contributed by atoms with Crippen LogP contribution in [0.25, 0.3) is 5.76 Å². The Balaban J connectivity index is 3.25. The van der Waals surface area contributed by atoms with Crippen LogP contribution in [-0.2, 0) is 0 Å². The van der Waals surface area contributed by atoms with E-state index < -0.39 is 0 Å². The SMILES string of the molecule is COc1ccc(/C(O)=C(\C)C#N)cc1OC. The maximum atomic E-state index is 9.73. The molecule has 1 N–H and O–H groups in total. The van der Waals surface area contributed by atoms with Crippen LogP contribution in [0.15, 0.2) is 23.8 Å². The van der Waals surface area contributed by atoms with Crippen LogP contribution >= 0.6 is 0 Å². The van der Waals surface area contributed by atoms with E-state index in [1.165, 1.54) is 14.2 Å². The smallest absolute Gasteiger partial charge is 0.161 e. The van der Waals surface area contributed by atoms with Crippen molar-refractivity contribution in [2.24, 2.45) is 0 Å². The van der Waals surface area contributed by atoms with Crippen molar-refractivity contribution in [2.45, 2.75) is 6.92 Å². The van der Waals surface area contributed by atoms with Gasteiger partial charge in [0.25, 0.3) is 0 Å². The molecule has 0 saturated carbocycles. The Hall–Kier alpha value is -2.15. The zero-order chi connectivity index (χ0) is 12.1. The average molecular weight is 219 g/mol. The van der Waals surface area contributed by atoms with Crippen molar-refractivity contribution in [1.29, 1.82) is 5.26 Å². The minimum Gasteiger partial charge on any atom is -0.506 e. The Bertz CT molecular complexity index is 458. The van der Waals surface area contributed by atoms with Crippen molar-refractivity contribution in [3.05, 3.63) is 29.3 Å². The number of ether oxygens (including phenoxy) is 2. The van der Waals surface area contributed by atoms with E-state index in [1.807, 2.05) is 6.07 Å². The van der Waals surface area contributed by atoms with Crippen LogP contribution in [0.4, 0.5) is 0 Å². The van der Waals surface area contributed by atoms with Gasteiger partial charge in [-0.3, -0.25) is 0 Å². The van der Waals surface area contributed by atoms with Crippen molar-refractivity contribution in [3.8, 4) is 17.6 Å². The molecular weight excluding hydrogens is 206 g/mol. The van der Waals surface area contributed by atoms with Gasteiger partial charge in [-0.25, -0.2) is 0 Å².